The van der Waals surface area contributed by atoms with Crippen LogP contribution in [0.3, 0.4) is 0 Å². The van der Waals surface area contributed by atoms with Crippen molar-refractivity contribution < 1.29 is 32.5 Å². The quantitative estimate of drug-likeness (QED) is 0.841. The van der Waals surface area contributed by atoms with Crippen LogP contribution in [0.5, 0.6) is 5.75 Å². The van der Waals surface area contributed by atoms with Crippen molar-refractivity contribution in [1.29, 1.82) is 0 Å². The number of carbonyl (C=O) groups excluding carboxylic acids is 1. The van der Waals surface area contributed by atoms with E-state index in [0.717, 1.165) is 6.07 Å². The van der Waals surface area contributed by atoms with Crippen LogP contribution in [-0.4, -0.2) is 24.5 Å². The van der Waals surface area contributed by atoms with Crippen molar-refractivity contribution in [3.63, 3.8) is 0 Å². The zero-order valence-electron chi connectivity index (χ0n) is 10.1. The zero-order valence-corrected chi connectivity index (χ0v) is 10.1. The Hall–Kier alpha value is -1.76. The van der Waals surface area contributed by atoms with E-state index in [0.29, 0.717) is 0 Å². The molecule has 0 aliphatic carbocycles. The summed E-state index contributed by atoms with van der Waals surface area (Å²) in [7, 11) is 1.19. The van der Waals surface area contributed by atoms with Gasteiger partial charge in [0.2, 0.25) is 0 Å². The molecule has 19 heavy (non-hydrogen) atoms. The molecule has 0 bridgehead atoms. The summed E-state index contributed by atoms with van der Waals surface area (Å²) in [5, 5.41) is 9.79. The maximum absolute atomic E-state index is 12.2. The predicted molar refractivity (Wildman–Crippen MR) is 59.3 cm³/mol. The van der Waals surface area contributed by atoms with Gasteiger partial charge < -0.3 is 14.6 Å². The van der Waals surface area contributed by atoms with Crippen LogP contribution in [0.4, 0.5) is 13.2 Å². The van der Waals surface area contributed by atoms with Gasteiger partial charge in [-0.05, 0) is 12.5 Å². The van der Waals surface area contributed by atoms with E-state index < -0.39 is 24.2 Å². The van der Waals surface area contributed by atoms with E-state index >= 15 is 0 Å². The molecular weight excluding hydrogens is 265 g/mol. The van der Waals surface area contributed by atoms with E-state index in [1.54, 1.807) is 0 Å². The molecule has 0 spiro atoms. The molecule has 1 atom stereocenters. The number of aliphatic hydroxyl groups excluding tert-OH is 1. The third-order valence-corrected chi connectivity index (χ3v) is 2.35. The molecule has 0 amide bonds. The SMILES string of the molecule is COC(=O)CCC(O)c1ccccc1OC(F)(F)F. The van der Waals surface area contributed by atoms with E-state index in [1.165, 1.54) is 25.3 Å². The highest BCUT2D eigenvalue weighted by Gasteiger charge is 2.32. The average Bonchev–Trinajstić information content (AvgIpc) is 2.34. The highest BCUT2D eigenvalue weighted by Crippen LogP contribution is 2.31. The number of methoxy groups -OCH3 is 1. The fraction of sp³-hybridized carbons (Fsp3) is 0.417. The van der Waals surface area contributed by atoms with Crippen LogP contribution in [0.25, 0.3) is 0 Å². The van der Waals surface area contributed by atoms with Crippen LogP contribution >= 0.6 is 0 Å². The largest absolute Gasteiger partial charge is 0.573 e. The van der Waals surface area contributed by atoms with Gasteiger partial charge in [-0.25, -0.2) is 0 Å². The summed E-state index contributed by atoms with van der Waals surface area (Å²) in [6, 6.07) is 5.24. The van der Waals surface area contributed by atoms with Crippen molar-refractivity contribution >= 4 is 5.97 Å². The molecule has 1 aromatic carbocycles. The maximum atomic E-state index is 12.2. The van der Waals surface area contributed by atoms with Crippen molar-refractivity contribution in [2.24, 2.45) is 0 Å². The molecule has 0 aliphatic heterocycles. The molecule has 0 heterocycles. The Morgan fingerprint density at radius 3 is 2.58 bits per heavy atom. The minimum absolute atomic E-state index is 0.0243. The lowest BCUT2D eigenvalue weighted by Crippen LogP contribution is -2.18. The van der Waals surface area contributed by atoms with Crippen molar-refractivity contribution in [3.05, 3.63) is 29.8 Å². The molecule has 0 fully saturated rings. The number of hydrogen-bond acceptors (Lipinski definition) is 4. The number of alkyl halides is 3. The van der Waals surface area contributed by atoms with Crippen molar-refractivity contribution in [2.75, 3.05) is 7.11 Å². The second kappa shape index (κ2) is 6.42. The van der Waals surface area contributed by atoms with Crippen LogP contribution in [0.2, 0.25) is 0 Å². The lowest BCUT2D eigenvalue weighted by molar-refractivity contribution is -0.275. The molecule has 0 radical (unpaired) electrons. The van der Waals surface area contributed by atoms with Gasteiger partial charge in [0, 0.05) is 12.0 Å². The van der Waals surface area contributed by atoms with Gasteiger partial charge in [-0.3, -0.25) is 4.79 Å². The molecule has 0 saturated heterocycles. The number of rotatable bonds is 5. The Bertz CT molecular complexity index is 431. The van der Waals surface area contributed by atoms with Crippen LogP contribution in [-0.2, 0) is 9.53 Å². The number of para-hydroxylation sites is 1. The van der Waals surface area contributed by atoms with Gasteiger partial charge in [-0.2, -0.15) is 0 Å². The predicted octanol–water partition coefficient (Wildman–Crippen LogP) is 2.57. The third-order valence-electron chi connectivity index (χ3n) is 2.35. The molecule has 0 saturated carbocycles. The Morgan fingerprint density at radius 1 is 1.37 bits per heavy atom. The number of ether oxygens (including phenoxy) is 2. The van der Waals surface area contributed by atoms with E-state index in [9.17, 15) is 23.1 Å². The molecular formula is C12H13F3O4. The van der Waals surface area contributed by atoms with Gasteiger partial charge in [-0.15, -0.1) is 13.2 Å². The first-order chi connectivity index (χ1) is 8.83. The normalized spacial score (nSPS) is 12.9. The number of halogens is 3. The molecule has 1 N–H and O–H groups in total. The highest BCUT2D eigenvalue weighted by molar-refractivity contribution is 5.69. The molecule has 4 nitrogen and oxygen atoms in total. The van der Waals surface area contributed by atoms with Gasteiger partial charge in [0.15, 0.2) is 0 Å². The van der Waals surface area contributed by atoms with Gasteiger partial charge in [0.1, 0.15) is 5.75 Å². The standard InChI is InChI=1S/C12H13F3O4/c1-18-11(17)7-6-9(16)8-4-2-3-5-10(8)19-12(13,14)15/h2-5,9,16H,6-7H2,1H3. The van der Waals surface area contributed by atoms with E-state index in [2.05, 4.69) is 9.47 Å². The van der Waals surface area contributed by atoms with E-state index in [-0.39, 0.29) is 18.4 Å². The second-order valence-corrected chi connectivity index (χ2v) is 3.72. The number of aliphatic hydroxyl groups is 1. The van der Waals surface area contributed by atoms with Crippen molar-refractivity contribution in [3.8, 4) is 5.75 Å². The fourth-order valence-corrected chi connectivity index (χ4v) is 1.49. The fourth-order valence-electron chi connectivity index (χ4n) is 1.49. The summed E-state index contributed by atoms with van der Waals surface area (Å²) in [5.41, 5.74) is -0.0243. The van der Waals surface area contributed by atoms with Crippen LogP contribution in [0.15, 0.2) is 24.3 Å². The van der Waals surface area contributed by atoms with Crippen molar-refractivity contribution in [1.82, 2.24) is 0 Å². The smallest absolute Gasteiger partial charge is 0.469 e. The summed E-state index contributed by atoms with van der Waals surface area (Å²) in [6.45, 7) is 0. The number of esters is 1. The van der Waals surface area contributed by atoms with E-state index in [4.69, 9.17) is 0 Å². The van der Waals surface area contributed by atoms with Gasteiger partial charge in [-0.1, -0.05) is 18.2 Å². The molecule has 106 valence electrons. The molecule has 1 rings (SSSR count). The summed E-state index contributed by atoms with van der Waals surface area (Å²) in [6.07, 6.45) is -6.22. The molecule has 0 aromatic heterocycles. The molecule has 1 unspecified atom stereocenters. The van der Waals surface area contributed by atoms with Gasteiger partial charge in [0.05, 0.1) is 13.2 Å². The lowest BCUT2D eigenvalue weighted by atomic mass is 10.0. The molecule has 0 aliphatic rings. The monoisotopic (exact) mass is 278 g/mol. The number of benzene rings is 1. The third kappa shape index (κ3) is 5.17. The summed E-state index contributed by atoms with van der Waals surface area (Å²) < 4.78 is 44.7. The molecule has 1 aromatic rings. The number of carbonyl (C=O) groups is 1. The first kappa shape index (κ1) is 15.3. The highest BCUT2D eigenvalue weighted by atomic mass is 19.4. The van der Waals surface area contributed by atoms with Crippen molar-refractivity contribution in [2.45, 2.75) is 25.3 Å². The van der Waals surface area contributed by atoms with Gasteiger partial charge in [0.25, 0.3) is 0 Å². The Labute approximate surface area is 107 Å². The lowest BCUT2D eigenvalue weighted by Gasteiger charge is -2.16. The second-order valence-electron chi connectivity index (χ2n) is 3.72. The summed E-state index contributed by atoms with van der Waals surface area (Å²) in [4.78, 5) is 10.9. The maximum Gasteiger partial charge on any atom is 0.573 e. The Morgan fingerprint density at radius 2 is 2.00 bits per heavy atom. The first-order valence-electron chi connectivity index (χ1n) is 5.43. The topological polar surface area (TPSA) is 55.8 Å². The Balaban J connectivity index is 2.79. The summed E-state index contributed by atoms with van der Waals surface area (Å²) in [5.74, 6) is -1.03. The van der Waals surface area contributed by atoms with Gasteiger partial charge >= 0.3 is 12.3 Å². The van der Waals surface area contributed by atoms with Crippen LogP contribution < -0.4 is 4.74 Å². The minimum atomic E-state index is -4.84. The summed E-state index contributed by atoms with van der Waals surface area (Å²) >= 11 is 0. The van der Waals surface area contributed by atoms with Crippen LogP contribution in [0, 0.1) is 0 Å². The van der Waals surface area contributed by atoms with E-state index in [1.807, 2.05) is 0 Å². The number of hydrogen-bond donors (Lipinski definition) is 1. The first-order valence-corrected chi connectivity index (χ1v) is 5.43. The average molecular weight is 278 g/mol. The Kier molecular flexibility index (Phi) is 5.17. The van der Waals surface area contributed by atoms with Crippen LogP contribution in [0.1, 0.15) is 24.5 Å². The molecule has 7 heteroatoms. The minimum Gasteiger partial charge on any atom is -0.469 e. The zero-order chi connectivity index (χ0) is 14.5.